The van der Waals surface area contributed by atoms with E-state index in [1.54, 1.807) is 22.9 Å². The van der Waals surface area contributed by atoms with Crippen molar-refractivity contribution in [3.05, 3.63) is 47.8 Å². The molecule has 0 saturated carbocycles. The lowest BCUT2D eigenvalue weighted by atomic mass is 9.94. The first-order valence-electron chi connectivity index (χ1n) is 11.2. The Bertz CT molecular complexity index is 1440. The number of H-pyrrole nitrogens is 1. The van der Waals surface area contributed by atoms with Crippen LogP contribution in [-0.4, -0.2) is 62.3 Å². The summed E-state index contributed by atoms with van der Waals surface area (Å²) >= 11 is 0. The van der Waals surface area contributed by atoms with Crippen molar-refractivity contribution in [3.63, 3.8) is 0 Å². The number of phenolic OH excluding ortho intramolecular Hbond substituents is 1. The molecule has 0 spiro atoms. The Morgan fingerprint density at radius 2 is 1.86 bits per heavy atom. The van der Waals surface area contributed by atoms with E-state index in [-0.39, 0.29) is 24.1 Å². The van der Waals surface area contributed by atoms with Gasteiger partial charge in [0.1, 0.15) is 30.1 Å². The van der Waals surface area contributed by atoms with E-state index in [1.165, 1.54) is 6.92 Å². The number of phenols is 1. The van der Waals surface area contributed by atoms with E-state index in [1.807, 2.05) is 32.2 Å². The van der Waals surface area contributed by atoms with Gasteiger partial charge in [-0.3, -0.25) is 4.79 Å². The summed E-state index contributed by atoms with van der Waals surface area (Å²) in [5, 5.41) is 47.3. The van der Waals surface area contributed by atoms with E-state index in [4.69, 9.17) is 4.74 Å². The number of rotatable bonds is 3. The number of aliphatic hydroxyl groups is 3. The van der Waals surface area contributed by atoms with Gasteiger partial charge in [0, 0.05) is 34.7 Å². The molecule has 186 valence electrons. The molecule has 0 radical (unpaired) electrons. The minimum atomic E-state index is -1.35. The maximum absolute atomic E-state index is 11.8. The van der Waals surface area contributed by atoms with Crippen LogP contribution in [0.2, 0.25) is 0 Å². The van der Waals surface area contributed by atoms with Crippen molar-refractivity contribution in [3.8, 4) is 5.75 Å². The van der Waals surface area contributed by atoms with E-state index in [2.05, 4.69) is 10.3 Å². The summed E-state index contributed by atoms with van der Waals surface area (Å²) in [4.78, 5) is 15.3. The molecular weight excluding hydrogens is 474 g/mol. The molecule has 3 heterocycles. The summed E-state index contributed by atoms with van der Waals surface area (Å²) in [6.45, 7) is 4.89. The van der Waals surface area contributed by atoms with Gasteiger partial charge < -0.3 is 47.9 Å². The fraction of sp³-hybridized carbons (Fsp3) is 0.360. The molecule has 4 aromatic rings. The highest BCUT2D eigenvalue weighted by Crippen LogP contribution is 2.37. The van der Waals surface area contributed by atoms with Gasteiger partial charge in [-0.25, -0.2) is 0 Å². The van der Waals surface area contributed by atoms with Gasteiger partial charge >= 0.3 is 0 Å². The lowest BCUT2D eigenvalue weighted by Crippen LogP contribution is -3.00. The van der Waals surface area contributed by atoms with Crippen LogP contribution in [0.15, 0.2) is 36.7 Å². The summed E-state index contributed by atoms with van der Waals surface area (Å²) in [5.41, 5.74) is 3.96. The van der Waals surface area contributed by atoms with E-state index >= 15 is 0 Å². The standard InChI is InChI=1S/C25H27N3O6.ClH/c1-11-17-9-28(25-22(26-13(3)30)24(33)23(32)19(10-29)34-25)7-6-15(17)12(2)21-20(11)16-8-14(31)4-5-18(16)27-21;/h4-9,19,22-25,29,32-33H,10H2,1-3H3,(H2,26,30,31);1H/t19-,22-,23+,24-,25-;/m1./s1. The van der Waals surface area contributed by atoms with E-state index in [0.29, 0.717) is 0 Å². The summed E-state index contributed by atoms with van der Waals surface area (Å²) in [6.07, 6.45) is -0.849. The first kappa shape index (κ1) is 25.2. The largest absolute Gasteiger partial charge is 1.00 e. The number of halogens is 1. The molecule has 2 aromatic carbocycles. The third-order valence-electron chi connectivity index (χ3n) is 6.89. The number of aliphatic hydroxyl groups excluding tert-OH is 3. The number of carbonyl (C=O) groups is 1. The average molecular weight is 502 g/mol. The summed E-state index contributed by atoms with van der Waals surface area (Å²) in [5.74, 6) is -0.189. The number of amides is 1. The van der Waals surface area contributed by atoms with Crippen LogP contribution in [0.5, 0.6) is 5.75 Å². The Labute approximate surface area is 207 Å². The molecule has 6 N–H and O–H groups in total. The lowest BCUT2D eigenvalue weighted by Gasteiger charge is -2.39. The molecule has 1 amide bonds. The van der Waals surface area contributed by atoms with Crippen LogP contribution < -0.4 is 22.3 Å². The van der Waals surface area contributed by atoms with Gasteiger partial charge in [-0.05, 0) is 48.6 Å². The van der Waals surface area contributed by atoms with Crippen LogP contribution in [0.25, 0.3) is 32.6 Å². The van der Waals surface area contributed by atoms with Gasteiger partial charge in [-0.15, -0.1) is 0 Å². The summed E-state index contributed by atoms with van der Waals surface area (Å²) in [7, 11) is 0. The second kappa shape index (κ2) is 9.25. The number of aromatic nitrogens is 2. The Balaban J connectivity index is 0.00000289. The van der Waals surface area contributed by atoms with Crippen LogP contribution in [0.3, 0.4) is 0 Å². The second-order valence-corrected chi connectivity index (χ2v) is 9.03. The number of benzene rings is 2. The Hall–Kier alpha value is -2.95. The van der Waals surface area contributed by atoms with Gasteiger partial charge in [0.05, 0.1) is 12.1 Å². The number of nitrogens with zero attached hydrogens (tertiary/aromatic N) is 1. The van der Waals surface area contributed by atoms with Crippen molar-refractivity contribution in [1.29, 1.82) is 0 Å². The summed E-state index contributed by atoms with van der Waals surface area (Å²) in [6, 6.07) is 6.26. The van der Waals surface area contributed by atoms with Crippen molar-refractivity contribution in [2.45, 2.75) is 51.4 Å². The highest BCUT2D eigenvalue weighted by Gasteiger charge is 2.49. The van der Waals surface area contributed by atoms with Crippen LogP contribution in [-0.2, 0) is 9.53 Å². The third kappa shape index (κ3) is 3.99. The number of aromatic hydroxyl groups is 1. The number of pyridine rings is 1. The van der Waals surface area contributed by atoms with Crippen LogP contribution in [0.4, 0.5) is 0 Å². The summed E-state index contributed by atoms with van der Waals surface area (Å²) < 4.78 is 7.69. The van der Waals surface area contributed by atoms with Crippen LogP contribution in [0.1, 0.15) is 24.3 Å². The molecule has 9 nitrogen and oxygen atoms in total. The molecule has 5 rings (SSSR count). The molecule has 2 aromatic heterocycles. The number of ether oxygens (including phenoxy) is 1. The molecule has 0 aliphatic carbocycles. The van der Waals surface area contributed by atoms with Crippen molar-refractivity contribution < 1.29 is 46.9 Å². The van der Waals surface area contributed by atoms with Gasteiger partial charge in [0.15, 0.2) is 12.4 Å². The van der Waals surface area contributed by atoms with E-state index in [0.717, 1.165) is 43.7 Å². The molecule has 0 unspecified atom stereocenters. The monoisotopic (exact) mass is 501 g/mol. The number of aryl methyl sites for hydroxylation is 2. The molecule has 5 atom stereocenters. The Morgan fingerprint density at radius 1 is 1.11 bits per heavy atom. The molecule has 1 saturated heterocycles. The number of nitrogens with one attached hydrogen (secondary N) is 2. The second-order valence-electron chi connectivity index (χ2n) is 9.03. The highest BCUT2D eigenvalue weighted by molar-refractivity contribution is 6.16. The van der Waals surface area contributed by atoms with E-state index < -0.39 is 37.2 Å². The molecule has 0 bridgehead atoms. The number of hydrogen-bond acceptors (Lipinski definition) is 6. The molecular formula is C25H28ClN3O6. The molecule has 1 aliphatic heterocycles. The normalized spacial score (nSPS) is 24.6. The quantitative estimate of drug-likeness (QED) is 0.183. The fourth-order valence-corrected chi connectivity index (χ4v) is 5.16. The zero-order chi connectivity index (χ0) is 24.3. The van der Waals surface area contributed by atoms with Gasteiger partial charge in [-0.1, -0.05) is 0 Å². The zero-order valence-corrected chi connectivity index (χ0v) is 20.2. The third-order valence-corrected chi connectivity index (χ3v) is 6.89. The number of fused-ring (bicyclic) bond motifs is 4. The average Bonchev–Trinajstić information content (AvgIpc) is 3.19. The molecule has 35 heavy (non-hydrogen) atoms. The maximum atomic E-state index is 11.8. The van der Waals surface area contributed by atoms with E-state index in [9.17, 15) is 25.2 Å². The predicted molar refractivity (Wildman–Crippen MR) is 125 cm³/mol. The first-order valence-corrected chi connectivity index (χ1v) is 11.2. The topological polar surface area (TPSA) is 139 Å². The zero-order valence-electron chi connectivity index (χ0n) is 19.5. The molecule has 1 fully saturated rings. The van der Waals surface area contributed by atoms with Crippen LogP contribution >= 0.6 is 0 Å². The SMILES string of the molecule is CC(=O)N[C@@H]1[C@@H](O)[C@@H](O)[C@@H](CO)O[C@H]1[n+]1ccc2c(C)c3[nH]c4ccc(O)cc4c3c(C)c2c1.[Cl-]. The van der Waals surface area contributed by atoms with Gasteiger partial charge in [-0.2, -0.15) is 4.57 Å². The van der Waals surface area contributed by atoms with Crippen molar-refractivity contribution in [2.24, 2.45) is 0 Å². The Morgan fingerprint density at radius 3 is 2.54 bits per heavy atom. The predicted octanol–water partition coefficient (Wildman–Crippen LogP) is -1.80. The minimum Gasteiger partial charge on any atom is -1.00 e. The maximum Gasteiger partial charge on any atom is 0.286 e. The van der Waals surface area contributed by atoms with Gasteiger partial charge in [0.2, 0.25) is 5.91 Å². The van der Waals surface area contributed by atoms with Crippen molar-refractivity contribution in [2.75, 3.05) is 6.61 Å². The van der Waals surface area contributed by atoms with Crippen molar-refractivity contribution in [1.82, 2.24) is 10.3 Å². The lowest BCUT2D eigenvalue weighted by molar-refractivity contribution is -0.771. The number of hydrogen-bond donors (Lipinski definition) is 6. The smallest absolute Gasteiger partial charge is 0.286 e. The van der Waals surface area contributed by atoms with Crippen molar-refractivity contribution >= 4 is 38.5 Å². The fourth-order valence-electron chi connectivity index (χ4n) is 5.16. The Kier molecular flexibility index (Phi) is 6.65. The van der Waals surface area contributed by atoms with Crippen LogP contribution in [0, 0.1) is 13.8 Å². The number of carbonyl (C=O) groups excluding carboxylic acids is 1. The van der Waals surface area contributed by atoms with Gasteiger partial charge in [0.25, 0.3) is 6.23 Å². The first-order chi connectivity index (χ1) is 16.2. The molecule has 10 heteroatoms. The molecule has 1 aliphatic rings. The highest BCUT2D eigenvalue weighted by atomic mass is 35.5. The number of aromatic amines is 1. The minimum absolute atomic E-state index is 0.